The minimum atomic E-state index is -4.94. The van der Waals surface area contributed by atoms with Crippen LogP contribution in [0.5, 0.6) is 23.0 Å². The van der Waals surface area contributed by atoms with Crippen LogP contribution in [-0.2, 0) is 50.3 Å². The third-order valence-corrected chi connectivity index (χ3v) is 8.99. The molecule has 0 bridgehead atoms. The van der Waals surface area contributed by atoms with Crippen molar-refractivity contribution in [3.05, 3.63) is 266 Å². The van der Waals surface area contributed by atoms with Crippen molar-refractivity contribution in [2.45, 2.75) is 0 Å². The zero-order valence-electron chi connectivity index (χ0n) is 44.7. The van der Waals surface area contributed by atoms with Gasteiger partial charge in [-0.15, -0.1) is 43.5 Å². The molecular formula is C58H48Cl2Co3N12O12. The fourth-order valence-corrected chi connectivity index (χ4v) is 5.36. The van der Waals surface area contributed by atoms with Gasteiger partial charge < -0.3 is 31.9 Å². The van der Waals surface area contributed by atoms with E-state index in [1.165, 1.54) is 49.1 Å². The van der Waals surface area contributed by atoms with Crippen molar-refractivity contribution >= 4 is 59.8 Å². The van der Waals surface area contributed by atoms with Crippen molar-refractivity contribution in [2.24, 2.45) is 20.0 Å². The van der Waals surface area contributed by atoms with E-state index in [9.17, 15) is 20.4 Å². The third kappa shape index (κ3) is 40.9. The average Bonchev–Trinajstić information content (AvgIpc) is 3.57. The summed E-state index contributed by atoms with van der Waals surface area (Å²) in [7, 11) is -9.89. The molecule has 3 radical (unpaired) electrons. The number of nitrogens with two attached hydrogens (primary N) is 2. The minimum Gasteiger partial charge on any atom is -0.872 e. The molecule has 0 spiro atoms. The van der Waals surface area contributed by atoms with Gasteiger partial charge in [-0.05, 0) is 95.1 Å². The molecule has 453 valence electrons. The van der Waals surface area contributed by atoms with Crippen molar-refractivity contribution in [1.29, 1.82) is 0 Å². The van der Waals surface area contributed by atoms with E-state index in [2.05, 4.69) is 49.9 Å². The summed E-state index contributed by atoms with van der Waals surface area (Å²) in [5, 5.41) is 45.3. The minimum absolute atomic E-state index is 0. The van der Waals surface area contributed by atoms with Gasteiger partial charge in [-0.2, -0.15) is 0 Å². The summed E-state index contributed by atoms with van der Waals surface area (Å²) in [6.45, 7) is 0. The van der Waals surface area contributed by atoms with Crippen LogP contribution >= 0.6 is 0 Å². The molecular weight excluding hydrogens is 1300 g/mol. The van der Waals surface area contributed by atoms with Crippen molar-refractivity contribution in [3.63, 3.8) is 0 Å². The zero-order valence-corrected chi connectivity index (χ0v) is 49.3. The first kappa shape index (κ1) is 78.0. The van der Waals surface area contributed by atoms with Crippen LogP contribution in [0.3, 0.4) is 0 Å². The molecule has 29 heteroatoms. The first-order valence-electron chi connectivity index (χ1n) is 23.6. The molecule has 6 aromatic heterocycles. The van der Waals surface area contributed by atoms with E-state index in [1.54, 1.807) is 146 Å². The summed E-state index contributed by atoms with van der Waals surface area (Å²) in [5.74, 6) is 3.41. The molecule has 0 fully saturated rings. The Morgan fingerprint density at radius 2 is 0.437 bits per heavy atom. The molecule has 0 aliphatic heterocycles. The number of pyridine rings is 6. The van der Waals surface area contributed by atoms with Gasteiger partial charge in [-0.1, -0.05) is 133 Å². The van der Waals surface area contributed by atoms with E-state index in [-0.39, 0.29) is 73.3 Å². The first-order valence-corrected chi connectivity index (χ1v) is 26.1. The molecule has 0 unspecified atom stereocenters. The predicted molar refractivity (Wildman–Crippen MR) is 287 cm³/mol. The summed E-state index contributed by atoms with van der Waals surface area (Å²) >= 11 is 0. The molecule has 6 heterocycles. The second-order valence-electron chi connectivity index (χ2n) is 15.2. The second-order valence-corrected chi connectivity index (χ2v) is 16.7. The fraction of sp³-hybridized carbons (Fsp3) is 0. The van der Waals surface area contributed by atoms with Gasteiger partial charge in [0, 0.05) is 62.0 Å². The van der Waals surface area contributed by atoms with Crippen molar-refractivity contribution in [2.75, 3.05) is 11.5 Å². The van der Waals surface area contributed by atoms with E-state index in [4.69, 9.17) is 48.7 Å². The molecule has 4 aromatic carbocycles. The van der Waals surface area contributed by atoms with Crippen molar-refractivity contribution in [3.8, 4) is 23.0 Å². The van der Waals surface area contributed by atoms with Gasteiger partial charge in [-0.25, -0.2) is 87.1 Å². The van der Waals surface area contributed by atoms with Gasteiger partial charge in [0.2, 0.25) is 0 Å². The van der Waals surface area contributed by atoms with Crippen LogP contribution in [0.25, 0.3) is 0 Å². The fourth-order valence-electron chi connectivity index (χ4n) is 5.36. The average molecular weight is 1350 g/mol. The molecule has 10 aromatic rings. The van der Waals surface area contributed by atoms with Gasteiger partial charge in [0.05, 0.1) is 0 Å². The van der Waals surface area contributed by atoms with Gasteiger partial charge >= 0.3 is 50.3 Å². The number of aromatic nitrogens is 6. The number of para-hydroxylation sites is 4. The van der Waals surface area contributed by atoms with Gasteiger partial charge in [-0.3, -0.25) is 0 Å². The maximum absolute atomic E-state index is 11.3. The van der Waals surface area contributed by atoms with Crippen LogP contribution in [0.2, 0.25) is 0 Å². The second kappa shape index (κ2) is 45.4. The molecule has 0 aliphatic carbocycles. The molecule has 0 saturated carbocycles. The predicted octanol–water partition coefficient (Wildman–Crippen LogP) is -0.569. The topological polar surface area (TPSA) is 456 Å². The van der Waals surface area contributed by atoms with E-state index >= 15 is 0 Å². The molecule has 0 atom stereocenters. The van der Waals surface area contributed by atoms with Gasteiger partial charge in [0.1, 0.15) is 11.6 Å². The number of nitrogens with zero attached hydrogens (tertiary/aromatic N) is 10. The number of anilines is 2. The van der Waals surface area contributed by atoms with E-state index in [1.807, 2.05) is 72.8 Å². The van der Waals surface area contributed by atoms with Crippen LogP contribution in [0.15, 0.2) is 263 Å². The Hall–Kier alpha value is -8.96. The Morgan fingerprint density at radius 1 is 0.264 bits per heavy atom. The molecule has 87 heavy (non-hydrogen) atoms. The molecule has 0 amide bonds. The SMILES string of the molecule is Nc1ccccn1.Nc1ccccn1.[Co+2].[Co+2].[Co+2].[O-][Cl+3]([O-])([O-])[O-].[O-][Cl+3]([O-])([O-])[O-].[O-]c1ccccc1/C=N/c1ccccn1.[O-]c1ccccc1/C=N/c1ccccn1.[O-]c1ccccc1/C=N/c1ccccn1.[O-]c1ccccc1/C=N/c1ccccn1. The summed E-state index contributed by atoms with van der Waals surface area (Å²) in [6, 6.07) is 59.7. The molecule has 24 nitrogen and oxygen atoms in total. The summed E-state index contributed by atoms with van der Waals surface area (Å²) in [5.41, 5.74) is 12.8. The number of hydrogen-bond acceptors (Lipinski definition) is 24. The van der Waals surface area contributed by atoms with Crippen LogP contribution in [0.1, 0.15) is 22.3 Å². The van der Waals surface area contributed by atoms with E-state index in [0.29, 0.717) is 57.2 Å². The van der Waals surface area contributed by atoms with Gasteiger partial charge in [0.25, 0.3) is 0 Å². The number of benzene rings is 4. The Bertz CT molecular complexity index is 3070. The zero-order chi connectivity index (χ0) is 61.3. The van der Waals surface area contributed by atoms with Crippen LogP contribution in [0, 0.1) is 20.5 Å². The Labute approximate surface area is 534 Å². The molecule has 0 saturated heterocycles. The monoisotopic (exact) mass is 1350 g/mol. The Kier molecular flexibility index (Phi) is 40.7. The van der Waals surface area contributed by atoms with Crippen molar-refractivity contribution < 1.29 is 129 Å². The maximum atomic E-state index is 11.3. The molecule has 10 rings (SSSR count). The standard InChI is InChI=1S/4C12H10N2O.2C5H6N2.2ClHO4.3Co/c4*15-11-6-2-1-5-10(11)9-14-12-7-3-4-8-13-12;2*6-5-3-1-2-4-7-5;2*2-1(3,4)5;;;/h4*1-9,15H;2*1-4H,(H2,6,7);2*(H,2,3,4,5);;;/q;;;;;;;;3*+2/p-6/b4*14-9+;;;;;;;. The smallest absolute Gasteiger partial charge is 0.872 e. The molecule has 4 N–H and O–H groups in total. The van der Waals surface area contributed by atoms with E-state index in [0.717, 1.165) is 0 Å². The number of aliphatic imine (C=N–C) groups is 4. The summed E-state index contributed by atoms with van der Waals surface area (Å²) < 4.78 is 67.9. The summed E-state index contributed by atoms with van der Waals surface area (Å²) in [4.78, 5) is 40.0. The largest absolute Gasteiger partial charge is 2.00 e. The third-order valence-electron chi connectivity index (χ3n) is 8.99. The van der Waals surface area contributed by atoms with Crippen LogP contribution in [-0.4, -0.2) is 54.8 Å². The number of rotatable bonds is 8. The quantitative estimate of drug-likeness (QED) is 0.180. The van der Waals surface area contributed by atoms with E-state index < -0.39 is 20.5 Å². The summed E-state index contributed by atoms with van der Waals surface area (Å²) in [6.07, 6.45) is 16.1. The maximum Gasteiger partial charge on any atom is 2.00 e. The van der Waals surface area contributed by atoms with Crippen LogP contribution < -0.4 is 69.2 Å². The number of halogens is 2. The molecule has 0 aliphatic rings. The Morgan fingerprint density at radius 3 is 0.575 bits per heavy atom. The number of nitrogen functional groups attached to an aromatic ring is 2. The van der Waals surface area contributed by atoms with Gasteiger partial charge in [0.15, 0.2) is 23.3 Å². The number of hydrogen-bond donors (Lipinski definition) is 2. The van der Waals surface area contributed by atoms with Crippen molar-refractivity contribution in [1.82, 2.24) is 29.9 Å². The van der Waals surface area contributed by atoms with Crippen LogP contribution in [0.4, 0.5) is 34.9 Å². The first-order chi connectivity index (χ1) is 40.2. The Balaban J connectivity index is 0.000000999. The normalized spacial score (nSPS) is 10.1.